The molecule has 0 bridgehead atoms. The lowest BCUT2D eigenvalue weighted by atomic mass is 9.96. The van der Waals surface area contributed by atoms with Gasteiger partial charge in [0.25, 0.3) is 0 Å². The van der Waals surface area contributed by atoms with Crippen molar-refractivity contribution in [3.63, 3.8) is 0 Å². The van der Waals surface area contributed by atoms with Crippen molar-refractivity contribution < 1.29 is 16.8 Å². The molecular formula is C20H25NO4S2. The molecule has 1 aliphatic rings. The second kappa shape index (κ2) is 7.73. The summed E-state index contributed by atoms with van der Waals surface area (Å²) in [6, 6.07) is 12.7. The first-order valence-electron chi connectivity index (χ1n) is 9.10. The molecule has 0 radical (unpaired) electrons. The van der Waals surface area contributed by atoms with Gasteiger partial charge in [-0.25, -0.2) is 21.6 Å². The second-order valence-electron chi connectivity index (χ2n) is 7.22. The van der Waals surface area contributed by atoms with Gasteiger partial charge in [0.2, 0.25) is 10.0 Å². The topological polar surface area (TPSA) is 80.3 Å². The largest absolute Gasteiger partial charge is 0.240 e. The van der Waals surface area contributed by atoms with Crippen LogP contribution in [-0.2, 0) is 19.9 Å². The van der Waals surface area contributed by atoms with Gasteiger partial charge in [-0.1, -0.05) is 48.2 Å². The highest BCUT2D eigenvalue weighted by Gasteiger charge is 2.38. The quantitative estimate of drug-likeness (QED) is 0.824. The molecule has 2 aromatic carbocycles. The Balaban J connectivity index is 1.89. The van der Waals surface area contributed by atoms with Crippen molar-refractivity contribution >= 4 is 19.9 Å². The van der Waals surface area contributed by atoms with E-state index in [2.05, 4.69) is 4.72 Å². The summed E-state index contributed by atoms with van der Waals surface area (Å²) in [6.07, 6.45) is 2.55. The summed E-state index contributed by atoms with van der Waals surface area (Å²) in [7, 11) is -7.39. The zero-order chi connectivity index (χ0) is 19.7. The molecule has 7 heteroatoms. The Morgan fingerprint density at radius 1 is 0.741 bits per heavy atom. The standard InChI is InChI=1S/C20H25NO4S2/c1-15-7-11-17(12-8-15)26(22,23)20-6-4-3-5-19(20)21-27(24,25)18-13-9-16(2)10-14-18/h7-14,19-21H,3-6H2,1-2H3/t19-,20-/m1/s1. The lowest BCUT2D eigenvalue weighted by molar-refractivity contribution is 0.406. The molecule has 146 valence electrons. The van der Waals surface area contributed by atoms with Gasteiger partial charge in [0.1, 0.15) is 0 Å². The second-order valence-corrected chi connectivity index (χ2v) is 11.1. The van der Waals surface area contributed by atoms with Crippen molar-refractivity contribution in [2.24, 2.45) is 0 Å². The third-order valence-corrected chi connectivity index (χ3v) is 8.88. The van der Waals surface area contributed by atoms with Crippen molar-refractivity contribution in [2.75, 3.05) is 0 Å². The van der Waals surface area contributed by atoms with Crippen LogP contribution in [0.5, 0.6) is 0 Å². The Bertz CT molecular complexity index is 995. The van der Waals surface area contributed by atoms with Crippen LogP contribution in [0.1, 0.15) is 36.8 Å². The van der Waals surface area contributed by atoms with E-state index < -0.39 is 31.2 Å². The summed E-state index contributed by atoms with van der Waals surface area (Å²) >= 11 is 0. The van der Waals surface area contributed by atoms with E-state index in [-0.39, 0.29) is 9.79 Å². The van der Waals surface area contributed by atoms with Gasteiger partial charge in [-0.15, -0.1) is 0 Å². The van der Waals surface area contributed by atoms with Crippen molar-refractivity contribution in [3.8, 4) is 0 Å². The third-order valence-electron chi connectivity index (χ3n) is 5.09. The minimum Gasteiger partial charge on any atom is -0.223 e. The van der Waals surface area contributed by atoms with E-state index >= 15 is 0 Å². The Hall–Kier alpha value is -1.70. The number of hydrogen-bond acceptors (Lipinski definition) is 4. The highest BCUT2D eigenvalue weighted by molar-refractivity contribution is 7.92. The number of nitrogens with one attached hydrogen (secondary N) is 1. The number of aryl methyl sites for hydroxylation is 2. The summed E-state index contributed by atoms with van der Waals surface area (Å²) in [5, 5.41) is -0.755. The summed E-state index contributed by atoms with van der Waals surface area (Å²) in [6.45, 7) is 3.78. The maximum atomic E-state index is 13.1. The molecular weight excluding hydrogens is 382 g/mol. The fourth-order valence-corrected chi connectivity index (χ4v) is 6.87. The van der Waals surface area contributed by atoms with Crippen LogP contribution in [0.2, 0.25) is 0 Å². The Labute approximate surface area is 161 Å². The van der Waals surface area contributed by atoms with E-state index in [0.29, 0.717) is 12.8 Å². The van der Waals surface area contributed by atoms with Crippen molar-refractivity contribution in [2.45, 2.75) is 60.6 Å². The van der Waals surface area contributed by atoms with E-state index in [0.717, 1.165) is 24.0 Å². The smallest absolute Gasteiger partial charge is 0.223 e. The summed E-state index contributed by atoms with van der Waals surface area (Å²) in [5.74, 6) is 0. The van der Waals surface area contributed by atoms with Crippen molar-refractivity contribution in [3.05, 3.63) is 59.7 Å². The number of hydrogen-bond donors (Lipinski definition) is 1. The minimum absolute atomic E-state index is 0.158. The first-order valence-corrected chi connectivity index (χ1v) is 12.1. The van der Waals surface area contributed by atoms with Gasteiger partial charge in [0, 0.05) is 6.04 Å². The molecule has 2 aromatic rings. The molecule has 3 rings (SSSR count). The molecule has 0 aromatic heterocycles. The molecule has 1 aliphatic carbocycles. The molecule has 0 aliphatic heterocycles. The molecule has 27 heavy (non-hydrogen) atoms. The van der Waals surface area contributed by atoms with E-state index in [1.807, 2.05) is 13.8 Å². The van der Waals surface area contributed by atoms with Crippen LogP contribution in [0.25, 0.3) is 0 Å². The van der Waals surface area contributed by atoms with Crippen LogP contribution in [0.15, 0.2) is 58.3 Å². The predicted molar refractivity (Wildman–Crippen MR) is 106 cm³/mol. The van der Waals surface area contributed by atoms with Gasteiger partial charge in [-0.05, 0) is 51.0 Å². The van der Waals surface area contributed by atoms with Crippen LogP contribution in [0.3, 0.4) is 0 Å². The van der Waals surface area contributed by atoms with Gasteiger partial charge in [-0.2, -0.15) is 0 Å². The van der Waals surface area contributed by atoms with Gasteiger partial charge in [0.15, 0.2) is 9.84 Å². The van der Waals surface area contributed by atoms with Crippen molar-refractivity contribution in [1.29, 1.82) is 0 Å². The summed E-state index contributed by atoms with van der Waals surface area (Å²) in [5.41, 5.74) is 1.95. The SMILES string of the molecule is Cc1ccc(S(=O)(=O)N[C@@H]2CCCC[C@H]2S(=O)(=O)c2ccc(C)cc2)cc1. The molecule has 1 saturated carbocycles. The normalized spacial score (nSPS) is 21.1. The Morgan fingerprint density at radius 3 is 1.78 bits per heavy atom. The van der Waals surface area contributed by atoms with E-state index in [9.17, 15) is 16.8 Å². The van der Waals surface area contributed by atoms with E-state index in [1.165, 1.54) is 0 Å². The molecule has 0 heterocycles. The molecule has 0 amide bonds. The maximum Gasteiger partial charge on any atom is 0.240 e. The minimum atomic E-state index is -3.77. The lowest BCUT2D eigenvalue weighted by Gasteiger charge is -2.31. The Morgan fingerprint density at radius 2 is 1.22 bits per heavy atom. The molecule has 0 spiro atoms. The van der Waals surface area contributed by atoms with Gasteiger partial charge in [-0.3, -0.25) is 0 Å². The molecule has 1 N–H and O–H groups in total. The highest BCUT2D eigenvalue weighted by atomic mass is 32.2. The monoisotopic (exact) mass is 407 g/mol. The number of rotatable bonds is 5. The average Bonchev–Trinajstić information content (AvgIpc) is 2.62. The van der Waals surface area contributed by atoms with E-state index in [4.69, 9.17) is 0 Å². The summed E-state index contributed by atoms with van der Waals surface area (Å²) < 4.78 is 54.5. The van der Waals surface area contributed by atoms with Crippen LogP contribution in [-0.4, -0.2) is 28.1 Å². The van der Waals surface area contributed by atoms with Gasteiger partial charge < -0.3 is 0 Å². The van der Waals surface area contributed by atoms with Crippen LogP contribution < -0.4 is 4.72 Å². The number of sulfone groups is 1. The molecule has 2 atom stereocenters. The molecule has 0 saturated heterocycles. The lowest BCUT2D eigenvalue weighted by Crippen LogP contribution is -2.48. The zero-order valence-electron chi connectivity index (χ0n) is 15.6. The van der Waals surface area contributed by atoms with Crippen LogP contribution in [0.4, 0.5) is 0 Å². The third kappa shape index (κ3) is 4.42. The highest BCUT2D eigenvalue weighted by Crippen LogP contribution is 2.30. The first kappa shape index (κ1) is 20.0. The van der Waals surface area contributed by atoms with Crippen molar-refractivity contribution in [1.82, 2.24) is 4.72 Å². The van der Waals surface area contributed by atoms with Crippen LogP contribution in [0, 0.1) is 13.8 Å². The van der Waals surface area contributed by atoms with Crippen LogP contribution >= 0.6 is 0 Å². The summed E-state index contributed by atoms with van der Waals surface area (Å²) in [4.78, 5) is 0.407. The van der Waals surface area contributed by atoms with Gasteiger partial charge >= 0.3 is 0 Å². The molecule has 0 unspecified atom stereocenters. The fraction of sp³-hybridized carbons (Fsp3) is 0.400. The first-order chi connectivity index (χ1) is 12.7. The molecule has 5 nitrogen and oxygen atoms in total. The number of sulfonamides is 1. The molecule has 1 fully saturated rings. The number of benzene rings is 2. The van der Waals surface area contributed by atoms with Gasteiger partial charge in [0.05, 0.1) is 15.0 Å². The van der Waals surface area contributed by atoms with E-state index in [1.54, 1.807) is 48.5 Å². The maximum absolute atomic E-state index is 13.1. The fourth-order valence-electron chi connectivity index (χ4n) is 3.49. The Kier molecular flexibility index (Phi) is 5.74. The zero-order valence-corrected chi connectivity index (χ0v) is 17.2. The average molecular weight is 408 g/mol. The predicted octanol–water partition coefficient (Wildman–Crippen LogP) is 3.37.